The SMILES string of the molecule is C#CCCC1(CCC)NC(=O)c2c(C)cc(Nc3ncns3)c(=O)n21.CC. The molecular weight excluding hydrogens is 362 g/mol. The quantitative estimate of drug-likeness (QED) is 0.742. The number of rotatable bonds is 6. The molecule has 3 rings (SSSR count). The van der Waals surface area contributed by atoms with Gasteiger partial charge in [-0.3, -0.25) is 14.2 Å². The molecule has 2 aromatic heterocycles. The lowest BCUT2D eigenvalue weighted by Crippen LogP contribution is -2.47. The van der Waals surface area contributed by atoms with Crippen LogP contribution in [0.1, 0.15) is 62.5 Å². The van der Waals surface area contributed by atoms with Gasteiger partial charge in [0.2, 0.25) is 5.13 Å². The second-order valence-corrected chi connectivity index (χ2v) is 6.82. The average Bonchev–Trinajstić information content (AvgIpc) is 3.26. The predicted molar refractivity (Wildman–Crippen MR) is 108 cm³/mol. The second kappa shape index (κ2) is 8.82. The number of terminal acetylenes is 1. The fourth-order valence-electron chi connectivity index (χ4n) is 3.36. The Kier molecular flexibility index (Phi) is 6.75. The van der Waals surface area contributed by atoms with Crippen molar-refractivity contribution in [3.05, 3.63) is 34.0 Å². The molecule has 1 atom stereocenters. The van der Waals surface area contributed by atoms with E-state index in [0.717, 1.165) is 23.5 Å². The molecule has 0 saturated heterocycles. The van der Waals surface area contributed by atoms with Crippen molar-refractivity contribution in [2.75, 3.05) is 5.32 Å². The Morgan fingerprint density at radius 3 is 2.70 bits per heavy atom. The van der Waals surface area contributed by atoms with Crippen LogP contribution in [-0.4, -0.2) is 19.8 Å². The van der Waals surface area contributed by atoms with Crippen molar-refractivity contribution < 1.29 is 4.79 Å². The van der Waals surface area contributed by atoms with Crippen molar-refractivity contribution in [1.82, 2.24) is 19.2 Å². The predicted octanol–water partition coefficient (Wildman–Crippen LogP) is 3.39. The Balaban J connectivity index is 0.00000126. The van der Waals surface area contributed by atoms with E-state index < -0.39 is 5.66 Å². The highest BCUT2D eigenvalue weighted by molar-refractivity contribution is 7.09. The molecule has 2 aromatic rings. The summed E-state index contributed by atoms with van der Waals surface area (Å²) in [6.45, 7) is 7.84. The molecule has 3 heterocycles. The van der Waals surface area contributed by atoms with Gasteiger partial charge in [-0.05, 0) is 25.0 Å². The Hall–Kier alpha value is -2.66. The second-order valence-electron chi connectivity index (χ2n) is 6.04. The van der Waals surface area contributed by atoms with E-state index in [1.54, 1.807) is 10.6 Å². The lowest BCUT2D eigenvalue weighted by Gasteiger charge is -2.31. The fraction of sp³-hybridized carbons (Fsp3) is 0.474. The molecule has 1 unspecified atom stereocenters. The standard InChI is InChI=1S/C17H19N5O2S.C2H6/c1-4-6-8-17(7-5-2)21-14(23)13-11(3)9-12(15(24)22(13)17)20-16-18-10-19-25-16;1-2/h1,9-10H,5-8H2,2-3H3,(H,21,23)(H,18,19,20);1-2H3. The molecule has 0 aromatic carbocycles. The maximum atomic E-state index is 13.2. The van der Waals surface area contributed by atoms with E-state index >= 15 is 0 Å². The first kappa shape index (κ1) is 20.6. The van der Waals surface area contributed by atoms with Crippen LogP contribution in [-0.2, 0) is 5.66 Å². The van der Waals surface area contributed by atoms with Gasteiger partial charge in [-0.2, -0.15) is 4.37 Å². The van der Waals surface area contributed by atoms with Crippen molar-refractivity contribution in [1.29, 1.82) is 0 Å². The molecule has 8 heteroatoms. The molecule has 1 aliphatic heterocycles. The minimum Gasteiger partial charge on any atom is -0.327 e. The van der Waals surface area contributed by atoms with E-state index in [-0.39, 0.29) is 11.5 Å². The third kappa shape index (κ3) is 3.88. The van der Waals surface area contributed by atoms with Crippen LogP contribution in [0.3, 0.4) is 0 Å². The van der Waals surface area contributed by atoms with Crippen molar-refractivity contribution in [2.24, 2.45) is 0 Å². The lowest BCUT2D eigenvalue weighted by molar-refractivity contribution is 0.0902. The molecule has 1 aliphatic rings. The van der Waals surface area contributed by atoms with Gasteiger partial charge in [0, 0.05) is 24.4 Å². The monoisotopic (exact) mass is 387 g/mol. The number of aromatic nitrogens is 3. The van der Waals surface area contributed by atoms with Gasteiger partial charge in [-0.25, -0.2) is 4.98 Å². The number of nitrogens with zero attached hydrogens (tertiary/aromatic N) is 3. The van der Waals surface area contributed by atoms with E-state index in [9.17, 15) is 9.59 Å². The Morgan fingerprint density at radius 1 is 1.37 bits per heavy atom. The first-order chi connectivity index (χ1) is 13.0. The van der Waals surface area contributed by atoms with Gasteiger partial charge in [0.15, 0.2) is 0 Å². The number of fused-ring (bicyclic) bond motifs is 1. The van der Waals surface area contributed by atoms with E-state index in [2.05, 4.69) is 25.9 Å². The number of amides is 1. The molecular formula is C19H25N5O2S. The number of carbonyl (C=O) groups is 1. The Bertz CT molecular complexity index is 898. The molecule has 0 spiro atoms. The number of pyridine rings is 1. The molecule has 144 valence electrons. The third-order valence-electron chi connectivity index (χ3n) is 4.33. The summed E-state index contributed by atoms with van der Waals surface area (Å²) in [5.41, 5.74) is 0.449. The first-order valence-electron chi connectivity index (χ1n) is 9.09. The highest BCUT2D eigenvalue weighted by atomic mass is 32.1. The molecule has 0 aliphatic carbocycles. The van der Waals surface area contributed by atoms with Crippen LogP contribution in [0.4, 0.5) is 10.8 Å². The molecule has 7 nitrogen and oxygen atoms in total. The summed E-state index contributed by atoms with van der Waals surface area (Å²) in [5.74, 6) is 2.38. The van der Waals surface area contributed by atoms with Gasteiger partial charge in [0.1, 0.15) is 23.4 Å². The molecule has 0 bridgehead atoms. The van der Waals surface area contributed by atoms with Crippen LogP contribution in [0.15, 0.2) is 17.2 Å². The number of aryl methyl sites for hydroxylation is 1. The maximum Gasteiger partial charge on any atom is 0.276 e. The van der Waals surface area contributed by atoms with E-state index in [1.807, 2.05) is 27.7 Å². The Labute approximate surface area is 163 Å². The van der Waals surface area contributed by atoms with Gasteiger partial charge in [0.25, 0.3) is 11.5 Å². The van der Waals surface area contributed by atoms with Crippen molar-refractivity contribution in [3.63, 3.8) is 0 Å². The number of hydrogen-bond donors (Lipinski definition) is 2. The summed E-state index contributed by atoms with van der Waals surface area (Å²) in [6, 6.07) is 1.68. The Morgan fingerprint density at radius 2 is 2.11 bits per heavy atom. The van der Waals surface area contributed by atoms with Gasteiger partial charge in [0.05, 0.1) is 0 Å². The van der Waals surface area contributed by atoms with Gasteiger partial charge in [-0.1, -0.05) is 27.2 Å². The average molecular weight is 388 g/mol. The van der Waals surface area contributed by atoms with E-state index in [1.165, 1.54) is 6.33 Å². The largest absolute Gasteiger partial charge is 0.327 e. The normalized spacial score (nSPS) is 17.4. The van der Waals surface area contributed by atoms with Gasteiger partial charge >= 0.3 is 0 Å². The number of hydrogen-bond acceptors (Lipinski definition) is 6. The summed E-state index contributed by atoms with van der Waals surface area (Å²) in [7, 11) is 0. The number of carbonyl (C=O) groups excluding carboxylic acids is 1. The smallest absolute Gasteiger partial charge is 0.276 e. The van der Waals surface area contributed by atoms with Gasteiger partial charge in [-0.15, -0.1) is 12.3 Å². The summed E-state index contributed by atoms with van der Waals surface area (Å²) >= 11 is 1.16. The summed E-state index contributed by atoms with van der Waals surface area (Å²) in [4.78, 5) is 29.8. The molecule has 2 N–H and O–H groups in total. The van der Waals surface area contributed by atoms with Crippen molar-refractivity contribution in [3.8, 4) is 12.3 Å². The van der Waals surface area contributed by atoms with Crippen LogP contribution in [0, 0.1) is 19.3 Å². The summed E-state index contributed by atoms with van der Waals surface area (Å²) in [6.07, 6.45) is 9.28. The van der Waals surface area contributed by atoms with Crippen LogP contribution in [0.25, 0.3) is 0 Å². The highest BCUT2D eigenvalue weighted by Crippen LogP contribution is 2.33. The number of anilines is 2. The van der Waals surface area contributed by atoms with E-state index in [4.69, 9.17) is 6.42 Å². The summed E-state index contributed by atoms with van der Waals surface area (Å²) < 4.78 is 5.50. The van der Waals surface area contributed by atoms with Crippen molar-refractivity contribution >= 4 is 28.3 Å². The third-order valence-corrected chi connectivity index (χ3v) is 4.91. The first-order valence-corrected chi connectivity index (χ1v) is 9.86. The minimum atomic E-state index is -0.784. The molecule has 1 amide bonds. The molecule has 0 radical (unpaired) electrons. The zero-order valence-corrected chi connectivity index (χ0v) is 16.9. The molecule has 0 saturated carbocycles. The summed E-state index contributed by atoms with van der Waals surface area (Å²) in [5, 5.41) is 6.54. The zero-order chi connectivity index (χ0) is 20.0. The number of nitrogens with one attached hydrogen (secondary N) is 2. The van der Waals surface area contributed by atoms with Gasteiger partial charge < -0.3 is 10.6 Å². The molecule has 27 heavy (non-hydrogen) atoms. The zero-order valence-electron chi connectivity index (χ0n) is 16.1. The van der Waals surface area contributed by atoms with Crippen molar-refractivity contribution in [2.45, 2.75) is 59.0 Å². The lowest BCUT2D eigenvalue weighted by atomic mass is 9.98. The van der Waals surface area contributed by atoms with Crippen LogP contribution in [0.5, 0.6) is 0 Å². The van der Waals surface area contributed by atoms with Crippen LogP contribution >= 0.6 is 11.5 Å². The molecule has 0 fully saturated rings. The van der Waals surface area contributed by atoms with E-state index in [0.29, 0.717) is 35.8 Å². The topological polar surface area (TPSA) is 88.9 Å². The van der Waals surface area contributed by atoms with Crippen LogP contribution in [0.2, 0.25) is 0 Å². The highest BCUT2D eigenvalue weighted by Gasteiger charge is 2.43. The van der Waals surface area contributed by atoms with Crippen LogP contribution < -0.4 is 16.2 Å². The maximum absolute atomic E-state index is 13.2. The minimum absolute atomic E-state index is 0.234. The fourth-order valence-corrected chi connectivity index (χ4v) is 3.80.